The van der Waals surface area contributed by atoms with Crippen molar-refractivity contribution in [3.8, 4) is 5.75 Å². The van der Waals surface area contributed by atoms with Crippen LogP contribution in [0.15, 0.2) is 53.4 Å². The van der Waals surface area contributed by atoms with Crippen LogP contribution in [0.4, 0.5) is 0 Å². The molecule has 1 aliphatic rings. The number of sulfonamides is 1. The maximum atomic E-state index is 12.7. The maximum absolute atomic E-state index is 12.7. The van der Waals surface area contributed by atoms with Gasteiger partial charge in [0.2, 0.25) is 10.0 Å². The Kier molecular flexibility index (Phi) is 6.50. The summed E-state index contributed by atoms with van der Waals surface area (Å²) in [4.78, 5) is 24.5. The largest absolute Gasteiger partial charge is 0.497 e. The predicted octanol–water partition coefficient (Wildman–Crippen LogP) is 1.94. The highest BCUT2D eigenvalue weighted by Gasteiger charge is 2.26. The second kappa shape index (κ2) is 9.06. The summed E-state index contributed by atoms with van der Waals surface area (Å²) >= 11 is 0. The van der Waals surface area contributed by atoms with Crippen LogP contribution in [0.5, 0.6) is 5.75 Å². The summed E-state index contributed by atoms with van der Waals surface area (Å²) in [6.45, 7) is 1.03. The minimum atomic E-state index is -3.55. The number of carbonyl (C=O) groups is 2. The molecular weight excluding hydrogens is 394 g/mol. The molecule has 0 spiro atoms. The van der Waals surface area contributed by atoms with Gasteiger partial charge in [0.1, 0.15) is 5.75 Å². The lowest BCUT2D eigenvalue weighted by Gasteiger charge is -2.25. The molecule has 8 nitrogen and oxygen atoms in total. The van der Waals surface area contributed by atoms with Gasteiger partial charge < -0.3 is 4.74 Å². The van der Waals surface area contributed by atoms with Gasteiger partial charge in [-0.2, -0.15) is 4.31 Å². The van der Waals surface area contributed by atoms with Crippen LogP contribution in [0.3, 0.4) is 0 Å². The second-order valence-corrected chi connectivity index (χ2v) is 8.57. The van der Waals surface area contributed by atoms with Gasteiger partial charge in [-0.05, 0) is 55.3 Å². The van der Waals surface area contributed by atoms with Crippen LogP contribution >= 0.6 is 0 Å². The Morgan fingerprint density at radius 3 is 2.14 bits per heavy atom. The van der Waals surface area contributed by atoms with Gasteiger partial charge in [0.25, 0.3) is 11.8 Å². The smallest absolute Gasteiger partial charge is 0.269 e. The molecule has 0 unspecified atom stereocenters. The molecule has 1 aliphatic heterocycles. The molecule has 2 aromatic rings. The number of nitrogens with one attached hydrogen (secondary N) is 2. The summed E-state index contributed by atoms with van der Waals surface area (Å²) in [7, 11) is -2.06. The number of amides is 2. The minimum absolute atomic E-state index is 0.149. The summed E-state index contributed by atoms with van der Waals surface area (Å²) in [5.74, 6) is -0.529. The van der Waals surface area contributed by atoms with Gasteiger partial charge >= 0.3 is 0 Å². The summed E-state index contributed by atoms with van der Waals surface area (Å²) in [6.07, 6.45) is 2.74. The average molecular weight is 417 g/mol. The molecule has 1 fully saturated rings. The first kappa shape index (κ1) is 20.8. The maximum Gasteiger partial charge on any atom is 0.269 e. The normalized spacial score (nSPS) is 14.8. The molecule has 0 aromatic heterocycles. The van der Waals surface area contributed by atoms with Gasteiger partial charge in [-0.15, -0.1) is 0 Å². The first-order valence-corrected chi connectivity index (χ1v) is 10.7. The summed E-state index contributed by atoms with van der Waals surface area (Å²) in [5.41, 5.74) is 5.20. The van der Waals surface area contributed by atoms with Crippen LogP contribution in [-0.2, 0) is 10.0 Å². The van der Waals surface area contributed by atoms with E-state index in [0.717, 1.165) is 19.3 Å². The van der Waals surface area contributed by atoms with Gasteiger partial charge in [-0.25, -0.2) is 8.42 Å². The SMILES string of the molecule is COc1cccc(C(=O)NNC(=O)c2ccc(S(=O)(=O)N3CCCCC3)cc2)c1. The number of methoxy groups -OCH3 is 1. The highest BCUT2D eigenvalue weighted by Crippen LogP contribution is 2.20. The molecule has 9 heteroatoms. The number of hydrazine groups is 1. The highest BCUT2D eigenvalue weighted by molar-refractivity contribution is 7.89. The Balaban J connectivity index is 1.62. The number of piperidine rings is 1. The van der Waals surface area contributed by atoms with Crippen molar-refractivity contribution in [2.24, 2.45) is 0 Å². The third-order valence-electron chi connectivity index (χ3n) is 4.69. The lowest BCUT2D eigenvalue weighted by molar-refractivity contribution is 0.0846. The molecular formula is C20H23N3O5S. The quantitative estimate of drug-likeness (QED) is 0.724. The topological polar surface area (TPSA) is 105 Å². The first-order chi connectivity index (χ1) is 13.9. The zero-order chi connectivity index (χ0) is 20.9. The van der Waals surface area contributed by atoms with Gasteiger partial charge in [-0.1, -0.05) is 12.5 Å². The number of hydrogen-bond acceptors (Lipinski definition) is 5. The number of ether oxygens (including phenoxy) is 1. The number of rotatable bonds is 5. The van der Waals surface area contributed by atoms with Gasteiger partial charge in [-0.3, -0.25) is 20.4 Å². The van der Waals surface area contributed by atoms with E-state index in [2.05, 4.69) is 10.9 Å². The van der Waals surface area contributed by atoms with Gasteiger partial charge in [0, 0.05) is 24.2 Å². The van der Waals surface area contributed by atoms with Crippen LogP contribution in [0, 0.1) is 0 Å². The molecule has 2 amide bonds. The van der Waals surface area contributed by atoms with E-state index < -0.39 is 21.8 Å². The van der Waals surface area contributed by atoms with E-state index in [0.29, 0.717) is 24.4 Å². The minimum Gasteiger partial charge on any atom is -0.497 e. The van der Waals surface area contributed by atoms with E-state index in [1.165, 1.54) is 35.7 Å². The fourth-order valence-electron chi connectivity index (χ4n) is 3.05. The lowest BCUT2D eigenvalue weighted by atomic mass is 10.2. The van der Waals surface area contributed by atoms with Crippen molar-refractivity contribution in [1.82, 2.24) is 15.2 Å². The number of nitrogens with zero attached hydrogens (tertiary/aromatic N) is 1. The molecule has 1 saturated heterocycles. The predicted molar refractivity (Wildman–Crippen MR) is 107 cm³/mol. The Labute approximate surface area is 169 Å². The van der Waals surface area contributed by atoms with Crippen molar-refractivity contribution in [1.29, 1.82) is 0 Å². The zero-order valence-corrected chi connectivity index (χ0v) is 16.9. The fraction of sp³-hybridized carbons (Fsp3) is 0.300. The molecule has 3 rings (SSSR count). The summed E-state index contributed by atoms with van der Waals surface area (Å²) in [5, 5.41) is 0. The van der Waals surface area contributed by atoms with Crippen molar-refractivity contribution in [3.05, 3.63) is 59.7 Å². The fourth-order valence-corrected chi connectivity index (χ4v) is 4.57. The van der Waals surface area contributed by atoms with Crippen LogP contribution in [0.25, 0.3) is 0 Å². The monoisotopic (exact) mass is 417 g/mol. The Bertz CT molecular complexity index is 983. The Morgan fingerprint density at radius 1 is 0.897 bits per heavy atom. The number of benzene rings is 2. The van der Waals surface area contributed by atoms with E-state index in [4.69, 9.17) is 4.74 Å². The Hall–Kier alpha value is -2.91. The molecule has 0 bridgehead atoms. The van der Waals surface area contributed by atoms with Crippen molar-refractivity contribution in [3.63, 3.8) is 0 Å². The van der Waals surface area contributed by atoms with Gasteiger partial charge in [0.15, 0.2) is 0 Å². The van der Waals surface area contributed by atoms with E-state index in [9.17, 15) is 18.0 Å². The molecule has 29 heavy (non-hydrogen) atoms. The summed E-state index contributed by atoms with van der Waals surface area (Å²) in [6, 6.07) is 12.1. The molecule has 154 valence electrons. The van der Waals surface area contributed by atoms with Crippen molar-refractivity contribution >= 4 is 21.8 Å². The first-order valence-electron chi connectivity index (χ1n) is 9.27. The van der Waals surface area contributed by atoms with E-state index in [-0.39, 0.29) is 10.5 Å². The molecule has 0 radical (unpaired) electrons. The summed E-state index contributed by atoms with van der Waals surface area (Å²) < 4.78 is 31.8. The molecule has 1 heterocycles. The molecule has 0 saturated carbocycles. The van der Waals surface area contributed by atoms with Crippen LogP contribution in [0.1, 0.15) is 40.0 Å². The van der Waals surface area contributed by atoms with Crippen LogP contribution in [0.2, 0.25) is 0 Å². The van der Waals surface area contributed by atoms with Crippen LogP contribution in [-0.4, -0.2) is 44.7 Å². The molecule has 0 aliphatic carbocycles. The zero-order valence-electron chi connectivity index (χ0n) is 16.1. The third kappa shape index (κ3) is 4.93. The van der Waals surface area contributed by atoms with Gasteiger partial charge in [0.05, 0.1) is 12.0 Å². The lowest BCUT2D eigenvalue weighted by Crippen LogP contribution is -2.41. The average Bonchev–Trinajstić information content (AvgIpc) is 2.78. The van der Waals surface area contributed by atoms with E-state index >= 15 is 0 Å². The highest BCUT2D eigenvalue weighted by atomic mass is 32.2. The number of carbonyl (C=O) groups excluding carboxylic acids is 2. The standard InChI is InChI=1S/C20H23N3O5S/c1-28-17-7-5-6-16(14-17)20(25)22-21-19(24)15-8-10-18(11-9-15)29(26,27)23-12-3-2-4-13-23/h5-11,14H,2-4,12-13H2,1H3,(H,21,24)(H,22,25). The van der Waals surface area contributed by atoms with Crippen molar-refractivity contribution < 1.29 is 22.7 Å². The number of hydrogen-bond donors (Lipinski definition) is 2. The van der Waals surface area contributed by atoms with Crippen molar-refractivity contribution in [2.45, 2.75) is 24.2 Å². The Morgan fingerprint density at radius 2 is 1.52 bits per heavy atom. The van der Waals surface area contributed by atoms with Crippen molar-refractivity contribution in [2.75, 3.05) is 20.2 Å². The second-order valence-electron chi connectivity index (χ2n) is 6.63. The van der Waals surface area contributed by atoms with Crippen LogP contribution < -0.4 is 15.6 Å². The third-order valence-corrected chi connectivity index (χ3v) is 6.60. The van der Waals surface area contributed by atoms with E-state index in [1.54, 1.807) is 24.3 Å². The molecule has 2 aromatic carbocycles. The van der Waals surface area contributed by atoms with E-state index in [1.807, 2.05) is 0 Å². The molecule has 0 atom stereocenters. The molecule has 2 N–H and O–H groups in total.